The van der Waals surface area contributed by atoms with Crippen molar-refractivity contribution < 1.29 is 24.2 Å². The molecule has 2 N–H and O–H groups in total. The van der Waals surface area contributed by atoms with Crippen molar-refractivity contribution in [1.29, 1.82) is 0 Å². The molecule has 44 heavy (non-hydrogen) atoms. The maximum absolute atomic E-state index is 13.2. The lowest BCUT2D eigenvalue weighted by Gasteiger charge is -2.27. The molecule has 0 spiro atoms. The van der Waals surface area contributed by atoms with E-state index in [0.29, 0.717) is 0 Å². The summed E-state index contributed by atoms with van der Waals surface area (Å²) in [6.07, 6.45) is 0.769. The minimum Gasteiger partial charge on any atom is -0.503 e. The maximum atomic E-state index is 13.2. The number of hydrogen-bond acceptors (Lipinski definition) is 6. The molecular weight excluding hydrogens is 552 g/mol. The predicted octanol–water partition coefficient (Wildman–Crippen LogP) is 7.01. The van der Waals surface area contributed by atoms with Crippen LogP contribution in [0.5, 0.6) is 11.5 Å². The normalized spacial score (nSPS) is 12.3. The molecule has 1 aromatic heterocycles. The summed E-state index contributed by atoms with van der Waals surface area (Å²) >= 11 is 0. The Labute approximate surface area is 257 Å². The Morgan fingerprint density at radius 3 is 1.66 bits per heavy atom. The Bertz CT molecular complexity index is 1620. The molecule has 0 saturated carbocycles. The highest BCUT2D eigenvalue weighted by molar-refractivity contribution is 5.97. The summed E-state index contributed by atoms with van der Waals surface area (Å²) < 4.78 is 11.0. The fourth-order valence-electron chi connectivity index (χ4n) is 5.21. The number of aromatic hydroxyl groups is 1. The number of carbonyl (C=O) groups is 2. The minimum atomic E-state index is -1.00. The van der Waals surface area contributed by atoms with Gasteiger partial charge in [0.1, 0.15) is 12.1 Å². The maximum Gasteiger partial charge on any atom is 0.328 e. The highest BCUT2D eigenvalue weighted by Crippen LogP contribution is 2.33. The summed E-state index contributed by atoms with van der Waals surface area (Å²) in [5, 5.41) is 12.9. The van der Waals surface area contributed by atoms with E-state index in [2.05, 4.69) is 83.1 Å². The van der Waals surface area contributed by atoms with Crippen LogP contribution < -0.4 is 10.1 Å². The van der Waals surface area contributed by atoms with Crippen LogP contribution in [0, 0.1) is 0 Å². The molecule has 0 aliphatic carbocycles. The number of hydrogen-bond donors (Lipinski definition) is 2. The molecule has 4 aromatic carbocycles. The van der Waals surface area contributed by atoms with Crippen LogP contribution in [0.15, 0.2) is 121 Å². The second-order valence-corrected chi connectivity index (χ2v) is 10.5. The zero-order valence-electron chi connectivity index (χ0n) is 24.8. The fraction of sp³-hybridized carbons (Fsp3) is 0.162. The van der Waals surface area contributed by atoms with Crippen molar-refractivity contribution in [2.24, 2.45) is 0 Å². The average molecular weight is 587 g/mol. The molecule has 7 heteroatoms. The van der Waals surface area contributed by atoms with Crippen LogP contribution in [0.1, 0.15) is 41.4 Å². The molecule has 7 nitrogen and oxygen atoms in total. The van der Waals surface area contributed by atoms with Crippen LogP contribution in [-0.4, -0.2) is 41.2 Å². The van der Waals surface area contributed by atoms with Crippen molar-refractivity contribution >= 4 is 11.9 Å². The van der Waals surface area contributed by atoms with E-state index >= 15 is 0 Å². The lowest BCUT2D eigenvalue weighted by Crippen LogP contribution is -2.41. The molecule has 1 amide bonds. The van der Waals surface area contributed by atoms with Gasteiger partial charge in [-0.05, 0) is 47.2 Å². The van der Waals surface area contributed by atoms with Gasteiger partial charge in [0, 0.05) is 18.2 Å². The Morgan fingerprint density at radius 1 is 0.705 bits per heavy atom. The minimum absolute atomic E-state index is 0.105. The number of benzene rings is 4. The van der Waals surface area contributed by atoms with Gasteiger partial charge in [0.05, 0.1) is 7.11 Å². The van der Waals surface area contributed by atoms with Crippen LogP contribution in [0.2, 0.25) is 0 Å². The van der Waals surface area contributed by atoms with Gasteiger partial charge < -0.3 is 19.9 Å². The Morgan fingerprint density at radius 2 is 1.18 bits per heavy atom. The van der Waals surface area contributed by atoms with E-state index < -0.39 is 29.8 Å². The molecule has 1 heterocycles. The average Bonchev–Trinajstić information content (AvgIpc) is 3.06. The second-order valence-electron chi connectivity index (χ2n) is 10.5. The van der Waals surface area contributed by atoms with E-state index in [1.807, 2.05) is 43.3 Å². The summed E-state index contributed by atoms with van der Waals surface area (Å²) in [6.45, 7) is 3.38. The quantitative estimate of drug-likeness (QED) is 0.171. The lowest BCUT2D eigenvalue weighted by molar-refractivity contribution is -0.150. The van der Waals surface area contributed by atoms with E-state index in [4.69, 9.17) is 9.47 Å². The number of rotatable bonds is 10. The van der Waals surface area contributed by atoms with Crippen LogP contribution in [0.3, 0.4) is 0 Å². The van der Waals surface area contributed by atoms with Gasteiger partial charge in [-0.3, -0.25) is 4.79 Å². The number of amides is 1. The molecule has 0 bridgehead atoms. The molecular formula is C37H34N2O5. The molecule has 0 radical (unpaired) electrons. The van der Waals surface area contributed by atoms with E-state index in [9.17, 15) is 14.7 Å². The summed E-state index contributed by atoms with van der Waals surface area (Å²) in [7, 11) is 1.37. The summed E-state index contributed by atoms with van der Waals surface area (Å²) in [5.74, 6) is -1.91. The molecule has 5 rings (SSSR count). The van der Waals surface area contributed by atoms with Crippen LogP contribution in [0.4, 0.5) is 0 Å². The first-order valence-electron chi connectivity index (χ1n) is 14.4. The third-order valence-corrected chi connectivity index (χ3v) is 7.55. The third-order valence-electron chi connectivity index (χ3n) is 7.55. The summed E-state index contributed by atoms with van der Waals surface area (Å²) in [4.78, 5) is 30.0. The van der Waals surface area contributed by atoms with Crippen molar-refractivity contribution in [3.8, 4) is 33.8 Å². The SMILES string of the molecule is COc1ccnc(C(=O)N[C@@H](C)C(=O)O[C@@H](C)C(c2ccc(-c3ccccc3)cc2)c2ccc(-c3ccccc3)cc2)c1O. The first-order chi connectivity index (χ1) is 21.4. The fourth-order valence-corrected chi connectivity index (χ4v) is 5.21. The molecule has 0 fully saturated rings. The number of nitrogens with zero attached hydrogens (tertiary/aromatic N) is 1. The first-order valence-corrected chi connectivity index (χ1v) is 14.4. The molecule has 0 unspecified atom stereocenters. The molecule has 222 valence electrons. The van der Waals surface area contributed by atoms with Gasteiger partial charge in [0.15, 0.2) is 17.2 Å². The van der Waals surface area contributed by atoms with Gasteiger partial charge in [0.25, 0.3) is 5.91 Å². The molecule has 0 saturated heterocycles. The van der Waals surface area contributed by atoms with Gasteiger partial charge in [-0.1, -0.05) is 109 Å². The van der Waals surface area contributed by atoms with E-state index in [1.54, 1.807) is 0 Å². The third kappa shape index (κ3) is 6.79. The Balaban J connectivity index is 1.38. The number of ether oxygens (including phenoxy) is 2. The standard InChI is InChI=1S/C37H34N2O5/c1-24(39-36(41)34-35(40)32(43-3)22-23-38-34)37(42)44-25(2)33(30-18-14-28(15-19-30)26-10-6-4-7-11-26)31-20-16-29(17-21-31)27-12-8-5-9-13-27/h4-25,33,40H,1-3H3,(H,39,41)/t24-,25-/m0/s1. The second kappa shape index (κ2) is 13.7. The highest BCUT2D eigenvalue weighted by atomic mass is 16.5. The largest absolute Gasteiger partial charge is 0.503 e. The van der Waals surface area contributed by atoms with Gasteiger partial charge in [-0.25, -0.2) is 9.78 Å². The van der Waals surface area contributed by atoms with Crippen molar-refractivity contribution in [3.63, 3.8) is 0 Å². The van der Waals surface area contributed by atoms with E-state index in [-0.39, 0.29) is 17.4 Å². The van der Waals surface area contributed by atoms with Gasteiger partial charge in [-0.2, -0.15) is 0 Å². The number of carbonyl (C=O) groups excluding carboxylic acids is 2. The number of aromatic nitrogens is 1. The molecule has 0 aliphatic rings. The highest BCUT2D eigenvalue weighted by Gasteiger charge is 2.28. The smallest absolute Gasteiger partial charge is 0.328 e. The van der Waals surface area contributed by atoms with Crippen molar-refractivity contribution in [2.75, 3.05) is 7.11 Å². The monoisotopic (exact) mass is 586 g/mol. The number of nitrogens with one attached hydrogen (secondary N) is 1. The summed E-state index contributed by atoms with van der Waals surface area (Å²) in [5.41, 5.74) is 6.13. The summed E-state index contributed by atoms with van der Waals surface area (Å²) in [6, 6.07) is 37.2. The van der Waals surface area contributed by atoms with Gasteiger partial charge >= 0.3 is 5.97 Å². The zero-order chi connectivity index (χ0) is 31.1. The zero-order valence-corrected chi connectivity index (χ0v) is 24.8. The van der Waals surface area contributed by atoms with E-state index in [0.717, 1.165) is 33.4 Å². The first kappa shape index (κ1) is 30.0. The Kier molecular flexibility index (Phi) is 9.35. The van der Waals surface area contributed by atoms with Crippen LogP contribution in [-0.2, 0) is 9.53 Å². The number of esters is 1. The molecule has 5 aromatic rings. The number of pyridine rings is 1. The number of methoxy groups -OCH3 is 1. The van der Waals surface area contributed by atoms with Crippen molar-refractivity contribution in [3.05, 3.63) is 138 Å². The molecule has 2 atom stereocenters. The molecule has 0 aliphatic heterocycles. The van der Waals surface area contributed by atoms with Crippen molar-refractivity contribution in [2.45, 2.75) is 31.9 Å². The van der Waals surface area contributed by atoms with Gasteiger partial charge in [-0.15, -0.1) is 0 Å². The predicted molar refractivity (Wildman–Crippen MR) is 171 cm³/mol. The van der Waals surface area contributed by atoms with Crippen LogP contribution in [0.25, 0.3) is 22.3 Å². The van der Waals surface area contributed by atoms with Crippen LogP contribution >= 0.6 is 0 Å². The Hall–Kier alpha value is -5.43. The topological polar surface area (TPSA) is 97.8 Å². The van der Waals surface area contributed by atoms with Gasteiger partial charge in [0.2, 0.25) is 0 Å². The van der Waals surface area contributed by atoms with Crippen molar-refractivity contribution in [1.82, 2.24) is 10.3 Å². The van der Waals surface area contributed by atoms with E-state index in [1.165, 1.54) is 26.3 Å². The lowest BCUT2D eigenvalue weighted by atomic mass is 9.85.